The molecule has 0 fully saturated rings. The van der Waals surface area contributed by atoms with Gasteiger partial charge < -0.3 is 20.1 Å². The number of carboxylic acid groups (broad SMARTS) is 1. The van der Waals surface area contributed by atoms with Crippen LogP contribution in [0.25, 0.3) is 0 Å². The standard InChI is InChI=1S/C21H42O4.Ca/c1-2-3-4-5-6-7-8-9-10-11-12-13-14-15-16-19(21(24)25)17-20(23)18-22;/h19-20,22-23H,2-18H2,1H3,(H,24,25);/q;+1/p-1. The first kappa shape index (κ1) is 28.9. The van der Waals surface area contributed by atoms with Crippen molar-refractivity contribution in [1.29, 1.82) is 0 Å². The summed E-state index contributed by atoms with van der Waals surface area (Å²) < 4.78 is 0. The van der Waals surface area contributed by atoms with Crippen molar-refractivity contribution in [3.05, 3.63) is 0 Å². The van der Waals surface area contributed by atoms with E-state index in [-0.39, 0.29) is 50.8 Å². The molecule has 0 spiro atoms. The van der Waals surface area contributed by atoms with Crippen molar-refractivity contribution in [2.75, 3.05) is 6.61 Å². The van der Waals surface area contributed by atoms with Crippen LogP contribution in [-0.4, -0.2) is 66.6 Å². The number of rotatable bonds is 19. The molecule has 2 unspecified atom stereocenters. The molecular weight excluding hydrogens is 356 g/mol. The van der Waals surface area contributed by atoms with Gasteiger partial charge in [-0.3, -0.25) is 0 Å². The van der Waals surface area contributed by atoms with Gasteiger partial charge in [0.1, 0.15) is 0 Å². The minimum Gasteiger partial charge on any atom is -0.550 e. The smallest absolute Gasteiger partial charge is 0.550 e. The summed E-state index contributed by atoms with van der Waals surface area (Å²) in [6.07, 6.45) is 17.5. The Balaban J connectivity index is 0. The van der Waals surface area contributed by atoms with Gasteiger partial charge in [-0.15, -0.1) is 0 Å². The molecule has 2 N–H and O–H groups in total. The van der Waals surface area contributed by atoms with E-state index in [0.717, 1.165) is 19.3 Å². The van der Waals surface area contributed by atoms with Crippen molar-refractivity contribution < 1.29 is 20.1 Å². The number of aliphatic hydroxyl groups is 2. The fourth-order valence-corrected chi connectivity index (χ4v) is 3.32. The summed E-state index contributed by atoms with van der Waals surface area (Å²) >= 11 is 0. The molecule has 5 heteroatoms. The number of hydrogen-bond donors (Lipinski definition) is 2. The average molecular weight is 398 g/mol. The van der Waals surface area contributed by atoms with E-state index in [1.54, 1.807) is 0 Å². The molecule has 0 aromatic rings. The van der Waals surface area contributed by atoms with Crippen LogP contribution in [0.4, 0.5) is 0 Å². The monoisotopic (exact) mass is 397 g/mol. The predicted molar refractivity (Wildman–Crippen MR) is 107 cm³/mol. The van der Waals surface area contributed by atoms with Crippen LogP contribution in [0.15, 0.2) is 0 Å². The van der Waals surface area contributed by atoms with Crippen molar-refractivity contribution >= 4 is 43.7 Å². The van der Waals surface area contributed by atoms with E-state index in [2.05, 4.69) is 6.92 Å². The van der Waals surface area contributed by atoms with Gasteiger partial charge in [-0.25, -0.2) is 0 Å². The first-order chi connectivity index (χ1) is 12.1. The zero-order valence-electron chi connectivity index (χ0n) is 17.1. The molecule has 0 rings (SSSR count). The van der Waals surface area contributed by atoms with E-state index in [0.29, 0.717) is 6.42 Å². The molecule has 0 aliphatic carbocycles. The van der Waals surface area contributed by atoms with Crippen molar-refractivity contribution in [1.82, 2.24) is 0 Å². The normalized spacial score (nSPS) is 13.2. The predicted octanol–water partition coefficient (Wildman–Crippen LogP) is 3.59. The summed E-state index contributed by atoms with van der Waals surface area (Å²) in [5.41, 5.74) is 0. The van der Waals surface area contributed by atoms with Crippen molar-refractivity contribution in [2.45, 2.75) is 116 Å². The third kappa shape index (κ3) is 19.4. The van der Waals surface area contributed by atoms with Gasteiger partial charge in [0.25, 0.3) is 0 Å². The molecule has 0 saturated carbocycles. The minimum atomic E-state index is -1.11. The van der Waals surface area contributed by atoms with Crippen molar-refractivity contribution in [2.24, 2.45) is 5.92 Å². The van der Waals surface area contributed by atoms with E-state index in [4.69, 9.17) is 5.11 Å². The summed E-state index contributed by atoms with van der Waals surface area (Å²) in [4.78, 5) is 11.0. The Morgan fingerprint density at radius 1 is 0.808 bits per heavy atom. The molecule has 0 heterocycles. The van der Waals surface area contributed by atoms with Crippen LogP contribution >= 0.6 is 0 Å². The maximum absolute atomic E-state index is 11.0. The first-order valence-corrected chi connectivity index (χ1v) is 10.6. The Morgan fingerprint density at radius 3 is 1.54 bits per heavy atom. The van der Waals surface area contributed by atoms with Gasteiger partial charge in [-0.1, -0.05) is 96.8 Å². The van der Waals surface area contributed by atoms with E-state index >= 15 is 0 Å². The molecule has 2 atom stereocenters. The topological polar surface area (TPSA) is 80.6 Å². The summed E-state index contributed by atoms with van der Waals surface area (Å²) in [6, 6.07) is 0. The van der Waals surface area contributed by atoms with Gasteiger partial charge >= 0.3 is 37.7 Å². The second-order valence-corrected chi connectivity index (χ2v) is 7.47. The van der Waals surface area contributed by atoms with Gasteiger partial charge in [-0.05, 0) is 12.8 Å². The van der Waals surface area contributed by atoms with E-state index in [1.807, 2.05) is 0 Å². The van der Waals surface area contributed by atoms with E-state index < -0.39 is 18.0 Å². The third-order valence-electron chi connectivity index (χ3n) is 5.01. The molecule has 0 bridgehead atoms. The average Bonchev–Trinajstić information content (AvgIpc) is 2.60. The van der Waals surface area contributed by atoms with Crippen LogP contribution < -0.4 is 5.11 Å². The van der Waals surface area contributed by atoms with Crippen LogP contribution in [0.2, 0.25) is 0 Å². The summed E-state index contributed by atoms with van der Waals surface area (Å²) in [6.45, 7) is 1.87. The number of hydrogen-bond acceptors (Lipinski definition) is 4. The Morgan fingerprint density at radius 2 is 1.19 bits per heavy atom. The summed E-state index contributed by atoms with van der Waals surface area (Å²) in [7, 11) is 0. The second kappa shape index (κ2) is 21.9. The quantitative estimate of drug-likeness (QED) is 0.258. The number of carboxylic acids is 1. The zero-order valence-corrected chi connectivity index (χ0v) is 19.3. The summed E-state index contributed by atoms with van der Waals surface area (Å²) in [5, 5.41) is 29.2. The fraction of sp³-hybridized carbons (Fsp3) is 0.952. The number of aliphatic hydroxyl groups excluding tert-OH is 2. The number of carbonyl (C=O) groups excluding carboxylic acids is 1. The Kier molecular flexibility index (Phi) is 24.4. The molecule has 1 radical (unpaired) electrons. The molecule has 0 aromatic heterocycles. The first-order valence-electron chi connectivity index (χ1n) is 10.6. The Labute approximate surface area is 191 Å². The maximum Gasteiger partial charge on any atom is 1.00 e. The molecule has 151 valence electrons. The van der Waals surface area contributed by atoms with Gasteiger partial charge in [0.15, 0.2) is 0 Å². The molecule has 0 aliphatic rings. The minimum absolute atomic E-state index is 0. The maximum atomic E-state index is 11.0. The molecular formula is C21H41CaO4. The van der Waals surface area contributed by atoms with Crippen LogP contribution in [-0.2, 0) is 4.79 Å². The zero-order chi connectivity index (χ0) is 18.8. The molecule has 0 aliphatic heterocycles. The fourth-order valence-electron chi connectivity index (χ4n) is 3.32. The van der Waals surface area contributed by atoms with Crippen LogP contribution in [0.5, 0.6) is 0 Å². The number of unbranched alkanes of at least 4 members (excludes halogenated alkanes) is 13. The van der Waals surface area contributed by atoms with Crippen LogP contribution in [0.3, 0.4) is 0 Å². The molecule has 0 aromatic carbocycles. The van der Waals surface area contributed by atoms with Crippen molar-refractivity contribution in [3.8, 4) is 0 Å². The molecule has 0 amide bonds. The van der Waals surface area contributed by atoms with Gasteiger partial charge in [0.2, 0.25) is 0 Å². The van der Waals surface area contributed by atoms with Gasteiger partial charge in [0, 0.05) is 11.9 Å². The Hall–Kier alpha value is 0.650. The third-order valence-corrected chi connectivity index (χ3v) is 5.01. The summed E-state index contributed by atoms with van der Waals surface area (Å²) in [5.74, 6) is -1.75. The number of aliphatic carboxylic acids is 1. The van der Waals surface area contributed by atoms with E-state index in [1.165, 1.54) is 70.6 Å². The second-order valence-electron chi connectivity index (χ2n) is 7.47. The molecule has 26 heavy (non-hydrogen) atoms. The molecule has 4 nitrogen and oxygen atoms in total. The van der Waals surface area contributed by atoms with Crippen molar-refractivity contribution in [3.63, 3.8) is 0 Å². The largest absolute Gasteiger partial charge is 1.00 e. The van der Waals surface area contributed by atoms with Gasteiger partial charge in [-0.2, -0.15) is 0 Å². The SMILES string of the molecule is CCCCCCCCCCCCCCCCC(CC(O)CO)C(=O)[O-].[Ca+]. The van der Waals surface area contributed by atoms with Crippen LogP contribution in [0, 0.1) is 5.92 Å². The molecule has 0 saturated heterocycles. The van der Waals surface area contributed by atoms with Gasteiger partial charge in [0.05, 0.1) is 12.7 Å². The van der Waals surface area contributed by atoms with Crippen LogP contribution in [0.1, 0.15) is 110 Å². The Bertz CT molecular complexity index is 300. The van der Waals surface area contributed by atoms with E-state index in [9.17, 15) is 15.0 Å². The number of carbonyl (C=O) groups is 1.